The molecule has 0 radical (unpaired) electrons. The van der Waals surface area contributed by atoms with Gasteiger partial charge >= 0.3 is 0 Å². The Hall–Kier alpha value is -2.82. The molecule has 29 heavy (non-hydrogen) atoms. The van der Waals surface area contributed by atoms with E-state index in [9.17, 15) is 18.4 Å². The van der Waals surface area contributed by atoms with Crippen LogP contribution >= 0.6 is 11.3 Å². The molecule has 10 heteroatoms. The van der Waals surface area contributed by atoms with Gasteiger partial charge in [-0.2, -0.15) is 0 Å². The number of carbonyl (C=O) groups is 1. The fraction of sp³-hybridized carbons (Fsp3) is 0.211. The predicted molar refractivity (Wildman–Crippen MR) is 115 cm³/mol. The molecule has 0 saturated carbocycles. The standard InChI is InChI=1S/C19H22N4O4S2/c1-5-6-7-16(23(4)25)15-10-8-14(9-11-15)12-17(24)22(3)19-21-13(2)18(28-19)29(20,26)27/h5-11H,1,12H2,2-4H3,(H2,20,26,27)/b7-6-,23-16+. The lowest BCUT2D eigenvalue weighted by atomic mass is 10.0. The van der Waals surface area contributed by atoms with Crippen LogP contribution in [0.2, 0.25) is 0 Å². The molecule has 1 amide bonds. The summed E-state index contributed by atoms with van der Waals surface area (Å²) in [6.07, 6.45) is 4.99. The van der Waals surface area contributed by atoms with Crippen molar-refractivity contribution in [2.24, 2.45) is 5.14 Å². The number of hydroxylamine groups is 1. The molecule has 8 nitrogen and oxygen atoms in total. The van der Waals surface area contributed by atoms with E-state index < -0.39 is 10.0 Å². The first-order valence-electron chi connectivity index (χ1n) is 8.47. The number of anilines is 1. The average molecular weight is 435 g/mol. The van der Waals surface area contributed by atoms with E-state index in [4.69, 9.17) is 5.14 Å². The monoisotopic (exact) mass is 434 g/mol. The minimum atomic E-state index is -3.88. The van der Waals surface area contributed by atoms with Crippen molar-refractivity contribution in [2.75, 3.05) is 19.0 Å². The molecule has 2 N–H and O–H groups in total. The molecule has 1 heterocycles. The molecule has 0 aliphatic carbocycles. The van der Waals surface area contributed by atoms with Gasteiger partial charge in [-0.15, -0.1) is 0 Å². The highest BCUT2D eigenvalue weighted by Gasteiger charge is 2.22. The lowest BCUT2D eigenvalue weighted by Crippen LogP contribution is -2.27. The van der Waals surface area contributed by atoms with Gasteiger partial charge in [-0.3, -0.25) is 9.69 Å². The number of aromatic nitrogens is 1. The molecule has 2 rings (SSSR count). The summed E-state index contributed by atoms with van der Waals surface area (Å²) < 4.78 is 23.8. The summed E-state index contributed by atoms with van der Waals surface area (Å²) in [6.45, 7) is 5.11. The number of sulfonamides is 1. The van der Waals surface area contributed by atoms with Crippen LogP contribution in [0, 0.1) is 12.1 Å². The maximum absolute atomic E-state index is 12.6. The van der Waals surface area contributed by atoms with Gasteiger partial charge < -0.3 is 5.21 Å². The Bertz CT molecular complexity index is 1080. The summed E-state index contributed by atoms with van der Waals surface area (Å²) in [4.78, 5) is 18.0. The number of benzene rings is 1. The van der Waals surface area contributed by atoms with Gasteiger partial charge in [0.25, 0.3) is 0 Å². The van der Waals surface area contributed by atoms with Crippen molar-refractivity contribution < 1.29 is 18.0 Å². The highest BCUT2D eigenvalue weighted by molar-refractivity contribution is 7.91. The number of hydrogen-bond acceptors (Lipinski definition) is 6. The second-order valence-corrected chi connectivity index (χ2v) is 8.95. The summed E-state index contributed by atoms with van der Waals surface area (Å²) in [5.41, 5.74) is 2.17. The zero-order valence-corrected chi connectivity index (χ0v) is 18.0. The van der Waals surface area contributed by atoms with Crippen LogP contribution in [0.15, 0.2) is 53.3 Å². The summed E-state index contributed by atoms with van der Waals surface area (Å²) >= 11 is 0.852. The fourth-order valence-corrected chi connectivity index (χ4v) is 4.44. The molecule has 0 aliphatic rings. The molecule has 0 saturated heterocycles. The lowest BCUT2D eigenvalue weighted by molar-refractivity contribution is -0.421. The van der Waals surface area contributed by atoms with Crippen LogP contribution in [-0.2, 0) is 21.2 Å². The Balaban J connectivity index is 2.18. The minimum Gasteiger partial charge on any atom is -0.624 e. The third kappa shape index (κ3) is 5.59. The third-order valence-electron chi connectivity index (χ3n) is 4.00. The zero-order chi connectivity index (χ0) is 21.8. The summed E-state index contributed by atoms with van der Waals surface area (Å²) in [5.74, 6) is -0.260. The normalized spacial score (nSPS) is 12.7. The van der Waals surface area contributed by atoms with Gasteiger partial charge in [0.2, 0.25) is 21.6 Å². The number of thiazole rings is 1. The molecular formula is C19H22N4O4S2. The number of amides is 1. The van der Waals surface area contributed by atoms with Crippen molar-refractivity contribution in [3.05, 3.63) is 71.1 Å². The molecule has 0 bridgehead atoms. The lowest BCUT2D eigenvalue weighted by Gasteiger charge is -2.14. The zero-order valence-electron chi connectivity index (χ0n) is 16.3. The second-order valence-electron chi connectivity index (χ2n) is 6.22. The number of likely N-dealkylation sites (N-methyl/N-ethyl adjacent to an activating group) is 1. The number of hydrogen-bond donors (Lipinski definition) is 1. The van der Waals surface area contributed by atoms with Crippen molar-refractivity contribution in [1.82, 2.24) is 4.98 Å². The predicted octanol–water partition coefficient (Wildman–Crippen LogP) is 1.98. The number of primary sulfonamides is 1. The number of nitrogens with zero attached hydrogens (tertiary/aromatic N) is 3. The number of carbonyl (C=O) groups excluding carboxylic acids is 1. The van der Waals surface area contributed by atoms with Crippen LogP contribution < -0.4 is 10.0 Å². The van der Waals surface area contributed by atoms with Crippen LogP contribution in [0.5, 0.6) is 0 Å². The maximum Gasteiger partial charge on any atom is 0.249 e. The van der Waals surface area contributed by atoms with Crippen molar-refractivity contribution in [3.8, 4) is 0 Å². The van der Waals surface area contributed by atoms with Gasteiger partial charge in [0, 0.05) is 18.7 Å². The van der Waals surface area contributed by atoms with Crippen LogP contribution in [0.4, 0.5) is 5.13 Å². The molecule has 154 valence electrons. The minimum absolute atomic E-state index is 0.0612. The Labute approximate surface area is 173 Å². The van der Waals surface area contributed by atoms with Crippen LogP contribution in [0.25, 0.3) is 0 Å². The van der Waals surface area contributed by atoms with Gasteiger partial charge in [0.05, 0.1) is 12.1 Å². The maximum atomic E-state index is 12.6. The third-order valence-corrected chi connectivity index (χ3v) is 6.78. The van der Waals surface area contributed by atoms with Gasteiger partial charge in [0.1, 0.15) is 7.05 Å². The van der Waals surface area contributed by atoms with Crippen molar-refractivity contribution >= 4 is 38.1 Å². The Kier molecular flexibility index (Phi) is 7.07. The highest BCUT2D eigenvalue weighted by atomic mass is 32.2. The molecule has 0 aliphatic heterocycles. The molecular weight excluding hydrogens is 412 g/mol. The quantitative estimate of drug-likeness (QED) is 0.235. The van der Waals surface area contributed by atoms with Crippen LogP contribution in [0.1, 0.15) is 16.8 Å². The van der Waals surface area contributed by atoms with E-state index in [-0.39, 0.29) is 27.4 Å². The van der Waals surface area contributed by atoms with Gasteiger partial charge in [-0.25, -0.2) is 23.3 Å². The van der Waals surface area contributed by atoms with E-state index in [1.165, 1.54) is 25.9 Å². The van der Waals surface area contributed by atoms with Gasteiger partial charge in [-0.05, 0) is 24.6 Å². The summed E-state index contributed by atoms with van der Waals surface area (Å²) in [7, 11) is -0.951. The molecule has 0 spiro atoms. The Morgan fingerprint density at radius 2 is 2.00 bits per heavy atom. The van der Waals surface area contributed by atoms with E-state index in [0.717, 1.165) is 21.6 Å². The first-order valence-corrected chi connectivity index (χ1v) is 10.8. The fourth-order valence-electron chi connectivity index (χ4n) is 2.51. The molecule has 0 atom stereocenters. The van der Waals surface area contributed by atoms with E-state index in [1.54, 1.807) is 42.5 Å². The number of aryl methyl sites for hydroxylation is 1. The molecule has 1 aromatic carbocycles. The largest absolute Gasteiger partial charge is 0.624 e. The second kappa shape index (κ2) is 9.12. The van der Waals surface area contributed by atoms with Crippen molar-refractivity contribution in [2.45, 2.75) is 17.6 Å². The van der Waals surface area contributed by atoms with E-state index in [1.807, 2.05) is 0 Å². The van der Waals surface area contributed by atoms with Crippen molar-refractivity contribution in [3.63, 3.8) is 0 Å². The summed E-state index contributed by atoms with van der Waals surface area (Å²) in [6, 6.07) is 7.03. The molecule has 0 fully saturated rings. The Morgan fingerprint density at radius 3 is 2.48 bits per heavy atom. The van der Waals surface area contributed by atoms with Gasteiger partial charge in [-0.1, -0.05) is 42.2 Å². The van der Waals surface area contributed by atoms with Crippen LogP contribution in [0.3, 0.4) is 0 Å². The van der Waals surface area contributed by atoms with E-state index in [0.29, 0.717) is 11.3 Å². The molecule has 0 unspecified atom stereocenters. The SMILES string of the molecule is C=C/C=C\C(c1ccc(CC(=O)N(C)c2nc(C)c(S(N)(=O)=O)s2)cc1)=[N+](\C)[O-]. The van der Waals surface area contributed by atoms with Crippen molar-refractivity contribution in [1.29, 1.82) is 0 Å². The smallest absolute Gasteiger partial charge is 0.249 e. The first kappa shape index (κ1) is 22.5. The number of nitrogens with two attached hydrogens (primary N) is 1. The molecule has 1 aromatic heterocycles. The van der Waals surface area contributed by atoms with Gasteiger partial charge in [0.15, 0.2) is 9.34 Å². The first-order chi connectivity index (χ1) is 13.5. The summed E-state index contributed by atoms with van der Waals surface area (Å²) in [5, 5.41) is 17.2. The van der Waals surface area contributed by atoms with E-state index in [2.05, 4.69) is 11.6 Å². The molecule has 2 aromatic rings. The Morgan fingerprint density at radius 1 is 1.38 bits per heavy atom. The number of allylic oxidation sites excluding steroid dienone is 3. The topological polar surface area (TPSA) is 119 Å². The average Bonchev–Trinajstić information content (AvgIpc) is 3.04. The van der Waals surface area contributed by atoms with E-state index >= 15 is 0 Å². The number of rotatable bonds is 7. The highest BCUT2D eigenvalue weighted by Crippen LogP contribution is 2.28. The van der Waals surface area contributed by atoms with Crippen LogP contribution in [-0.4, -0.2) is 43.9 Å².